The summed E-state index contributed by atoms with van der Waals surface area (Å²) in [6, 6.07) is 12.6. The fourth-order valence-corrected chi connectivity index (χ4v) is 4.76. The number of carbonyl (C=O) groups excluding carboxylic acids is 2. The van der Waals surface area contributed by atoms with Crippen molar-refractivity contribution in [2.45, 2.75) is 32.1 Å². The Morgan fingerprint density at radius 3 is 2.55 bits per heavy atom. The van der Waals surface area contributed by atoms with Crippen LogP contribution in [0.25, 0.3) is 10.9 Å². The van der Waals surface area contributed by atoms with Crippen LogP contribution in [0.4, 0.5) is 11.4 Å². The number of anilines is 2. The Morgan fingerprint density at radius 2 is 1.77 bits per heavy atom. The Kier molecular flexibility index (Phi) is 5.02. The highest BCUT2D eigenvalue weighted by Crippen LogP contribution is 2.29. The first-order valence-corrected chi connectivity index (χ1v) is 10.9. The van der Waals surface area contributed by atoms with Crippen LogP contribution in [-0.2, 0) is 22.4 Å². The minimum Gasteiger partial charge on any atom is -0.326 e. The molecule has 0 radical (unpaired) electrons. The van der Waals surface area contributed by atoms with Crippen LogP contribution in [0.5, 0.6) is 0 Å². The van der Waals surface area contributed by atoms with E-state index in [1.165, 1.54) is 0 Å². The normalized spacial score (nSPS) is 18.3. The molecule has 0 spiro atoms. The van der Waals surface area contributed by atoms with E-state index in [2.05, 4.69) is 10.3 Å². The third-order valence-corrected chi connectivity index (χ3v) is 6.49. The number of aromatic amines is 1. The molecule has 31 heavy (non-hydrogen) atoms. The van der Waals surface area contributed by atoms with Crippen molar-refractivity contribution in [1.29, 1.82) is 0 Å². The van der Waals surface area contributed by atoms with Gasteiger partial charge in [-0.25, -0.2) is 0 Å². The lowest BCUT2D eigenvalue weighted by atomic mass is 9.90. The van der Waals surface area contributed by atoms with E-state index in [-0.39, 0.29) is 23.8 Å². The average molecular weight is 436 g/mol. The van der Waals surface area contributed by atoms with Crippen molar-refractivity contribution in [2.24, 2.45) is 5.92 Å². The molecule has 1 aliphatic heterocycles. The first-order chi connectivity index (χ1) is 15.0. The van der Waals surface area contributed by atoms with Gasteiger partial charge in [-0.2, -0.15) is 0 Å². The Balaban J connectivity index is 1.35. The first-order valence-electron chi connectivity index (χ1n) is 10.5. The summed E-state index contributed by atoms with van der Waals surface area (Å²) in [5.41, 5.74) is 4.06. The van der Waals surface area contributed by atoms with E-state index in [0.29, 0.717) is 17.3 Å². The molecule has 2 heterocycles. The van der Waals surface area contributed by atoms with E-state index in [4.69, 9.17) is 11.6 Å². The minimum atomic E-state index is -0.443. The van der Waals surface area contributed by atoms with Crippen molar-refractivity contribution in [3.05, 3.63) is 69.0 Å². The minimum absolute atomic E-state index is 0.0364. The Morgan fingerprint density at radius 1 is 1.03 bits per heavy atom. The Labute approximate surface area is 184 Å². The summed E-state index contributed by atoms with van der Waals surface area (Å²) >= 11 is 5.92. The van der Waals surface area contributed by atoms with E-state index in [1.807, 2.05) is 12.1 Å². The lowest BCUT2D eigenvalue weighted by Gasteiger charge is -2.18. The number of benzene rings is 2. The highest BCUT2D eigenvalue weighted by atomic mass is 35.5. The lowest BCUT2D eigenvalue weighted by molar-refractivity contribution is -0.122. The predicted octanol–water partition coefficient (Wildman–Crippen LogP) is 4.05. The maximum Gasteiger partial charge on any atom is 0.251 e. The number of carbonyl (C=O) groups is 2. The summed E-state index contributed by atoms with van der Waals surface area (Å²) in [5, 5.41) is 4.55. The lowest BCUT2D eigenvalue weighted by Crippen LogP contribution is -2.28. The molecule has 7 heteroatoms. The number of aromatic nitrogens is 1. The van der Waals surface area contributed by atoms with Crippen molar-refractivity contribution in [2.75, 3.05) is 16.8 Å². The highest BCUT2D eigenvalue weighted by Gasteiger charge is 2.35. The summed E-state index contributed by atoms with van der Waals surface area (Å²) in [5.74, 6) is -0.733. The fourth-order valence-electron chi connectivity index (χ4n) is 4.64. The van der Waals surface area contributed by atoms with E-state index in [0.717, 1.165) is 53.4 Å². The maximum absolute atomic E-state index is 12.8. The van der Waals surface area contributed by atoms with Gasteiger partial charge in [-0.3, -0.25) is 14.4 Å². The van der Waals surface area contributed by atoms with Crippen LogP contribution in [-0.4, -0.2) is 23.3 Å². The standard InChI is InChI=1S/C24H22ClN3O3/c25-15-5-8-17(9-6-15)28-13-14(11-22(28)29)23(30)26-16-7-10-19-18-3-1-2-4-20(18)24(31)27-21(19)12-16/h5-10,12,14H,1-4,11,13H2,(H,26,30)(H,27,31). The molecule has 1 aliphatic carbocycles. The topological polar surface area (TPSA) is 82.3 Å². The number of H-pyrrole nitrogens is 1. The van der Waals surface area contributed by atoms with E-state index < -0.39 is 5.92 Å². The number of aryl methyl sites for hydroxylation is 1. The molecule has 1 fully saturated rings. The average Bonchev–Trinajstić information content (AvgIpc) is 3.16. The Hall–Kier alpha value is -3.12. The van der Waals surface area contributed by atoms with Crippen molar-refractivity contribution in [1.82, 2.24) is 4.98 Å². The van der Waals surface area contributed by atoms with Gasteiger partial charge in [0, 0.05) is 40.3 Å². The first kappa shape index (κ1) is 19.8. The molecule has 2 N–H and O–H groups in total. The summed E-state index contributed by atoms with van der Waals surface area (Å²) in [4.78, 5) is 42.3. The van der Waals surface area contributed by atoms with Crippen molar-refractivity contribution in [3.63, 3.8) is 0 Å². The van der Waals surface area contributed by atoms with Gasteiger partial charge in [0.25, 0.3) is 5.56 Å². The second-order valence-corrected chi connectivity index (χ2v) is 8.69. The van der Waals surface area contributed by atoms with Crippen molar-refractivity contribution in [3.8, 4) is 0 Å². The van der Waals surface area contributed by atoms with Gasteiger partial charge in [0.15, 0.2) is 0 Å². The quantitative estimate of drug-likeness (QED) is 0.651. The molecule has 1 saturated heterocycles. The zero-order valence-corrected chi connectivity index (χ0v) is 17.7. The van der Waals surface area contributed by atoms with Crippen molar-refractivity contribution < 1.29 is 9.59 Å². The number of hydrogen-bond donors (Lipinski definition) is 2. The summed E-state index contributed by atoms with van der Waals surface area (Å²) in [6.45, 7) is 0.324. The molecule has 5 rings (SSSR count). The second-order valence-electron chi connectivity index (χ2n) is 8.25. The third kappa shape index (κ3) is 3.72. The number of halogens is 1. The van der Waals surface area contributed by atoms with Crippen molar-refractivity contribution >= 4 is 45.7 Å². The van der Waals surface area contributed by atoms with E-state index >= 15 is 0 Å². The second kappa shape index (κ2) is 7.85. The fraction of sp³-hybridized carbons (Fsp3) is 0.292. The highest BCUT2D eigenvalue weighted by molar-refractivity contribution is 6.30. The molecule has 1 atom stereocenters. The maximum atomic E-state index is 12.8. The van der Waals surface area contributed by atoms with E-state index in [1.54, 1.807) is 35.2 Å². The molecule has 0 bridgehead atoms. The van der Waals surface area contributed by atoms with Crippen LogP contribution in [0.15, 0.2) is 47.3 Å². The van der Waals surface area contributed by atoms with Crippen LogP contribution in [0.2, 0.25) is 5.02 Å². The molecule has 1 aromatic heterocycles. The number of fused-ring (bicyclic) bond motifs is 3. The molecular weight excluding hydrogens is 414 g/mol. The SMILES string of the molecule is O=C(Nc1ccc2c3c(c(=O)[nH]c2c1)CCCC3)C1CC(=O)N(c2ccc(Cl)cc2)C1. The van der Waals surface area contributed by atoms with Gasteiger partial charge < -0.3 is 15.2 Å². The van der Waals surface area contributed by atoms with Crippen LogP contribution in [0.3, 0.4) is 0 Å². The number of nitrogens with one attached hydrogen (secondary N) is 2. The van der Waals surface area contributed by atoms with Crippen LogP contribution in [0, 0.1) is 5.92 Å². The van der Waals surface area contributed by atoms with Gasteiger partial charge in [-0.1, -0.05) is 17.7 Å². The van der Waals surface area contributed by atoms with Crippen LogP contribution < -0.4 is 15.8 Å². The molecule has 1 unspecified atom stereocenters. The largest absolute Gasteiger partial charge is 0.326 e. The van der Waals surface area contributed by atoms with E-state index in [9.17, 15) is 14.4 Å². The molecule has 2 amide bonds. The summed E-state index contributed by atoms with van der Waals surface area (Å²) < 4.78 is 0. The van der Waals surface area contributed by atoms with Gasteiger partial charge in [-0.15, -0.1) is 0 Å². The van der Waals surface area contributed by atoms with Gasteiger partial charge in [0.2, 0.25) is 11.8 Å². The van der Waals surface area contributed by atoms with Gasteiger partial charge in [0.05, 0.1) is 11.4 Å². The molecule has 2 aromatic carbocycles. The number of hydrogen-bond acceptors (Lipinski definition) is 3. The molecule has 158 valence electrons. The predicted molar refractivity (Wildman–Crippen MR) is 122 cm³/mol. The zero-order chi connectivity index (χ0) is 21.5. The Bertz CT molecular complexity index is 1250. The van der Waals surface area contributed by atoms with Gasteiger partial charge in [0.1, 0.15) is 0 Å². The zero-order valence-electron chi connectivity index (χ0n) is 16.9. The smallest absolute Gasteiger partial charge is 0.251 e. The molecule has 2 aliphatic rings. The summed E-state index contributed by atoms with van der Waals surface area (Å²) in [7, 11) is 0. The molecule has 3 aromatic rings. The van der Waals surface area contributed by atoms with Gasteiger partial charge in [-0.05, 0) is 67.6 Å². The number of rotatable bonds is 3. The molecular formula is C24H22ClN3O3. The molecule has 6 nitrogen and oxygen atoms in total. The number of pyridine rings is 1. The number of nitrogens with zero attached hydrogens (tertiary/aromatic N) is 1. The van der Waals surface area contributed by atoms with Gasteiger partial charge >= 0.3 is 0 Å². The third-order valence-electron chi connectivity index (χ3n) is 6.24. The summed E-state index contributed by atoms with van der Waals surface area (Å²) in [6.07, 6.45) is 4.02. The number of amides is 2. The molecule has 0 saturated carbocycles. The van der Waals surface area contributed by atoms with Crippen LogP contribution >= 0.6 is 11.6 Å². The monoisotopic (exact) mass is 435 g/mol. The van der Waals surface area contributed by atoms with Crippen LogP contribution in [0.1, 0.15) is 30.4 Å².